The molecule has 0 bridgehead atoms. The first-order chi connectivity index (χ1) is 16.6. The Morgan fingerprint density at radius 3 is 2.00 bits per heavy atom. The van der Waals surface area contributed by atoms with Gasteiger partial charge in [0.1, 0.15) is 5.54 Å². The van der Waals surface area contributed by atoms with Gasteiger partial charge in [0.2, 0.25) is 0 Å². The van der Waals surface area contributed by atoms with E-state index < -0.39 is 33.5 Å². The molecule has 2 atom stereocenters. The fraction of sp³-hybridized carbons (Fsp3) is 0.231. The summed E-state index contributed by atoms with van der Waals surface area (Å²) in [6.45, 7) is 1.79. The molecule has 3 aromatic rings. The summed E-state index contributed by atoms with van der Waals surface area (Å²) in [6.07, 6.45) is -0.266. The summed E-state index contributed by atoms with van der Waals surface area (Å²) in [7, 11) is -4.41. The molecule has 3 rings (SSSR count). The zero-order valence-electron chi connectivity index (χ0n) is 19.2. The number of carboxylic acid groups (broad SMARTS) is 1. The molecule has 0 aliphatic heterocycles. The maximum absolute atomic E-state index is 13.1. The van der Waals surface area contributed by atoms with Crippen molar-refractivity contribution in [1.82, 2.24) is 0 Å². The number of nitrogens with two attached hydrogens (primary N) is 1. The molecule has 0 spiro atoms. The standard InChI is InChI=1S/C26H27NO7S/c1-19-12-14-23(15-13-19)35(31,32)34-33-25(30)26(27,17-21-10-6-3-7-11-21)18-22(24(28)29)16-20-8-4-2-5-9-20/h2-15,22H,16-18,27H2,1H3,(H,28,29)/t22?,26-/m0/s1. The first-order valence-electron chi connectivity index (χ1n) is 10.9. The fourth-order valence-corrected chi connectivity index (χ4v) is 4.38. The maximum atomic E-state index is 13.1. The predicted molar refractivity (Wildman–Crippen MR) is 128 cm³/mol. The van der Waals surface area contributed by atoms with Crippen molar-refractivity contribution in [2.75, 3.05) is 0 Å². The maximum Gasteiger partial charge on any atom is 0.363 e. The molecule has 0 amide bonds. The minimum atomic E-state index is -4.41. The van der Waals surface area contributed by atoms with Crippen LogP contribution in [0.5, 0.6) is 0 Å². The molecule has 0 saturated heterocycles. The van der Waals surface area contributed by atoms with Crippen LogP contribution in [0, 0.1) is 12.8 Å². The molecule has 1 unspecified atom stereocenters. The molecule has 3 aromatic carbocycles. The lowest BCUT2D eigenvalue weighted by atomic mass is 9.81. The van der Waals surface area contributed by atoms with Gasteiger partial charge in [0.05, 0.1) is 10.8 Å². The molecule has 0 saturated carbocycles. The van der Waals surface area contributed by atoms with E-state index in [2.05, 4.69) is 4.33 Å². The van der Waals surface area contributed by atoms with Crippen molar-refractivity contribution in [2.45, 2.75) is 36.6 Å². The molecule has 8 nitrogen and oxygen atoms in total. The van der Waals surface area contributed by atoms with E-state index in [1.165, 1.54) is 12.1 Å². The first kappa shape index (κ1) is 26.1. The lowest BCUT2D eigenvalue weighted by Crippen LogP contribution is -2.53. The zero-order chi connectivity index (χ0) is 25.5. The number of aliphatic carboxylic acids is 1. The highest BCUT2D eigenvalue weighted by atomic mass is 32.2. The quantitative estimate of drug-likeness (QED) is 0.304. The highest BCUT2D eigenvalue weighted by molar-refractivity contribution is 7.86. The second-order valence-corrected chi connectivity index (χ2v) is 9.97. The zero-order valence-corrected chi connectivity index (χ0v) is 20.0. The average Bonchev–Trinajstić information content (AvgIpc) is 2.83. The Kier molecular flexibility index (Phi) is 8.39. The van der Waals surface area contributed by atoms with Gasteiger partial charge in [0.15, 0.2) is 0 Å². The molecular formula is C26H27NO7S. The minimum absolute atomic E-state index is 0.0841. The van der Waals surface area contributed by atoms with Crippen molar-refractivity contribution >= 4 is 22.1 Å². The van der Waals surface area contributed by atoms with E-state index in [1.54, 1.807) is 73.7 Å². The Bertz CT molecular complexity index is 1250. The van der Waals surface area contributed by atoms with Gasteiger partial charge in [-0.3, -0.25) is 9.68 Å². The number of carbonyl (C=O) groups excluding carboxylic acids is 1. The van der Waals surface area contributed by atoms with E-state index >= 15 is 0 Å². The van der Waals surface area contributed by atoms with Gasteiger partial charge in [-0.25, -0.2) is 4.79 Å². The monoisotopic (exact) mass is 497 g/mol. The van der Waals surface area contributed by atoms with Gasteiger partial charge in [-0.15, -0.1) is 0 Å². The lowest BCUT2D eigenvalue weighted by Gasteiger charge is -2.29. The Hall–Kier alpha value is -3.53. The van der Waals surface area contributed by atoms with E-state index in [9.17, 15) is 23.1 Å². The molecule has 0 aliphatic carbocycles. The summed E-state index contributed by atoms with van der Waals surface area (Å²) in [4.78, 5) is 29.6. The Morgan fingerprint density at radius 1 is 0.914 bits per heavy atom. The summed E-state index contributed by atoms with van der Waals surface area (Å²) in [5.74, 6) is -3.36. The van der Waals surface area contributed by atoms with Gasteiger partial charge in [-0.1, -0.05) is 78.4 Å². The Balaban J connectivity index is 1.83. The number of hydrogen-bond acceptors (Lipinski definition) is 7. The lowest BCUT2D eigenvalue weighted by molar-refractivity contribution is -0.218. The molecule has 9 heteroatoms. The highest BCUT2D eigenvalue weighted by Gasteiger charge is 2.42. The van der Waals surface area contributed by atoms with Crippen LogP contribution in [-0.4, -0.2) is 31.0 Å². The summed E-state index contributed by atoms with van der Waals surface area (Å²) in [5, 5.41) is 9.84. The second kappa shape index (κ2) is 11.3. The molecule has 184 valence electrons. The van der Waals surface area contributed by atoms with E-state index in [1.807, 2.05) is 6.07 Å². The van der Waals surface area contributed by atoms with Crippen LogP contribution >= 0.6 is 0 Å². The van der Waals surface area contributed by atoms with Gasteiger partial charge in [-0.2, -0.15) is 8.42 Å². The van der Waals surface area contributed by atoms with E-state index in [4.69, 9.17) is 10.6 Å². The highest BCUT2D eigenvalue weighted by Crippen LogP contribution is 2.26. The van der Waals surface area contributed by atoms with Crippen molar-refractivity contribution in [2.24, 2.45) is 11.7 Å². The van der Waals surface area contributed by atoms with Crippen LogP contribution in [-0.2, 0) is 41.8 Å². The number of carbonyl (C=O) groups is 2. The molecule has 0 aliphatic rings. The summed E-state index contributed by atoms with van der Waals surface area (Å²) >= 11 is 0. The van der Waals surface area contributed by atoms with Gasteiger partial charge < -0.3 is 10.8 Å². The molecule has 0 fully saturated rings. The molecule has 0 heterocycles. The van der Waals surface area contributed by atoms with Crippen LogP contribution in [0.15, 0.2) is 89.8 Å². The topological polar surface area (TPSA) is 133 Å². The number of hydrogen-bond donors (Lipinski definition) is 2. The smallest absolute Gasteiger partial charge is 0.363 e. The van der Waals surface area contributed by atoms with Crippen molar-refractivity contribution in [1.29, 1.82) is 0 Å². The third kappa shape index (κ3) is 7.22. The third-order valence-electron chi connectivity index (χ3n) is 5.56. The number of carboxylic acids is 1. The van der Waals surface area contributed by atoms with Crippen LogP contribution in [0.2, 0.25) is 0 Å². The predicted octanol–water partition coefficient (Wildman–Crippen LogP) is 3.43. The van der Waals surface area contributed by atoms with Gasteiger partial charge >= 0.3 is 22.1 Å². The van der Waals surface area contributed by atoms with Crippen molar-refractivity contribution < 1.29 is 32.3 Å². The summed E-state index contributed by atoms with van der Waals surface area (Å²) in [5.41, 5.74) is 6.81. The average molecular weight is 498 g/mol. The van der Waals surface area contributed by atoms with Gasteiger partial charge in [-0.05, 0) is 47.4 Å². The van der Waals surface area contributed by atoms with E-state index in [-0.39, 0.29) is 24.2 Å². The van der Waals surface area contributed by atoms with E-state index in [0.29, 0.717) is 5.56 Å². The third-order valence-corrected chi connectivity index (χ3v) is 6.66. The van der Waals surface area contributed by atoms with Gasteiger partial charge in [0.25, 0.3) is 0 Å². The Morgan fingerprint density at radius 2 is 1.46 bits per heavy atom. The number of rotatable bonds is 11. The van der Waals surface area contributed by atoms with Crippen LogP contribution < -0.4 is 5.73 Å². The molecule has 0 aromatic heterocycles. The normalized spacial score (nSPS) is 14.0. The molecular weight excluding hydrogens is 470 g/mol. The van der Waals surface area contributed by atoms with Crippen LogP contribution in [0.1, 0.15) is 23.1 Å². The SMILES string of the molecule is Cc1ccc(S(=O)(=O)OOC(=O)[C@](N)(Cc2ccccc2)CC(Cc2ccccc2)C(=O)O)cc1. The van der Waals surface area contributed by atoms with Crippen molar-refractivity contribution in [3.05, 3.63) is 102 Å². The summed E-state index contributed by atoms with van der Waals surface area (Å²) < 4.78 is 29.5. The van der Waals surface area contributed by atoms with Crippen molar-refractivity contribution in [3.8, 4) is 0 Å². The molecule has 3 N–H and O–H groups in total. The van der Waals surface area contributed by atoms with Crippen molar-refractivity contribution in [3.63, 3.8) is 0 Å². The number of aryl methyl sites for hydroxylation is 1. The number of benzene rings is 3. The van der Waals surface area contributed by atoms with Gasteiger partial charge in [0, 0.05) is 6.42 Å². The van der Waals surface area contributed by atoms with E-state index in [0.717, 1.165) is 11.1 Å². The first-order valence-corrected chi connectivity index (χ1v) is 12.3. The fourth-order valence-electron chi connectivity index (χ4n) is 3.68. The van der Waals surface area contributed by atoms with Crippen LogP contribution in [0.3, 0.4) is 0 Å². The Labute approximate surface area is 204 Å². The second-order valence-electron chi connectivity index (χ2n) is 8.45. The van der Waals surface area contributed by atoms with Crippen LogP contribution in [0.25, 0.3) is 0 Å². The summed E-state index contributed by atoms with van der Waals surface area (Å²) in [6, 6.07) is 23.5. The minimum Gasteiger partial charge on any atom is -0.481 e. The van der Waals surface area contributed by atoms with Crippen LogP contribution in [0.4, 0.5) is 0 Å². The molecule has 0 radical (unpaired) electrons. The molecule has 35 heavy (non-hydrogen) atoms. The largest absolute Gasteiger partial charge is 0.481 e.